The van der Waals surface area contributed by atoms with Crippen LogP contribution >= 0.6 is 0 Å². The predicted molar refractivity (Wildman–Crippen MR) is 109 cm³/mol. The van der Waals surface area contributed by atoms with E-state index in [9.17, 15) is 4.79 Å². The van der Waals surface area contributed by atoms with Gasteiger partial charge < -0.3 is 20.1 Å². The van der Waals surface area contributed by atoms with Crippen LogP contribution in [0.15, 0.2) is 48.7 Å². The maximum absolute atomic E-state index is 12.6. The smallest absolute Gasteiger partial charge is 0.274 e. The summed E-state index contributed by atoms with van der Waals surface area (Å²) in [6.45, 7) is 3.97. The van der Waals surface area contributed by atoms with E-state index in [1.54, 1.807) is 38.5 Å². The lowest BCUT2D eigenvalue weighted by atomic mass is 10.1. The van der Waals surface area contributed by atoms with Crippen molar-refractivity contribution in [2.75, 3.05) is 24.9 Å². The Hall–Kier alpha value is -3.61. The maximum atomic E-state index is 12.6. The minimum Gasteiger partial charge on any atom is -0.497 e. The lowest BCUT2D eigenvalue weighted by Gasteiger charge is -2.12. The van der Waals surface area contributed by atoms with Crippen LogP contribution in [0.3, 0.4) is 0 Å². The van der Waals surface area contributed by atoms with E-state index in [-0.39, 0.29) is 17.5 Å². The highest BCUT2D eigenvalue weighted by atomic mass is 16.5. The van der Waals surface area contributed by atoms with Gasteiger partial charge >= 0.3 is 0 Å². The minimum absolute atomic E-state index is 0.249. The van der Waals surface area contributed by atoms with Gasteiger partial charge in [-0.3, -0.25) is 4.79 Å². The first kappa shape index (κ1) is 19.2. The van der Waals surface area contributed by atoms with Gasteiger partial charge in [0.2, 0.25) is 5.95 Å². The SMILES string of the molecule is COc1ccc(OC)c(Nc2nccc(C(=O)Nc3cc(C)cc(C)c3)n2)c1. The summed E-state index contributed by atoms with van der Waals surface area (Å²) in [5, 5.41) is 5.94. The Kier molecular flexibility index (Phi) is 5.74. The largest absolute Gasteiger partial charge is 0.497 e. The molecule has 7 heteroatoms. The lowest BCUT2D eigenvalue weighted by molar-refractivity contribution is 0.102. The Balaban J connectivity index is 1.81. The summed E-state index contributed by atoms with van der Waals surface area (Å²) in [4.78, 5) is 21.1. The van der Waals surface area contributed by atoms with Gasteiger partial charge in [-0.1, -0.05) is 6.07 Å². The number of hydrogen-bond donors (Lipinski definition) is 2. The van der Waals surface area contributed by atoms with Crippen molar-refractivity contribution < 1.29 is 14.3 Å². The van der Waals surface area contributed by atoms with Gasteiger partial charge in [-0.2, -0.15) is 0 Å². The van der Waals surface area contributed by atoms with Gasteiger partial charge in [0, 0.05) is 18.0 Å². The highest BCUT2D eigenvalue weighted by molar-refractivity contribution is 6.03. The molecular formula is C21H22N4O3. The Bertz CT molecular complexity index is 984. The molecule has 3 aromatic rings. The molecule has 1 aromatic heterocycles. The van der Waals surface area contributed by atoms with Crippen molar-refractivity contribution in [2.24, 2.45) is 0 Å². The quantitative estimate of drug-likeness (QED) is 0.671. The first-order valence-corrected chi connectivity index (χ1v) is 8.70. The minimum atomic E-state index is -0.312. The van der Waals surface area contributed by atoms with E-state index >= 15 is 0 Å². The molecule has 0 radical (unpaired) electrons. The summed E-state index contributed by atoms with van der Waals surface area (Å²) in [6, 6.07) is 12.8. The Morgan fingerprint density at radius 3 is 2.39 bits per heavy atom. The van der Waals surface area contributed by atoms with E-state index in [2.05, 4.69) is 20.6 Å². The second-order valence-corrected chi connectivity index (χ2v) is 6.29. The molecule has 0 saturated heterocycles. The molecule has 0 atom stereocenters. The molecule has 3 rings (SSSR count). The molecule has 0 spiro atoms. The van der Waals surface area contributed by atoms with Crippen LogP contribution in [-0.4, -0.2) is 30.1 Å². The molecule has 28 heavy (non-hydrogen) atoms. The fourth-order valence-corrected chi connectivity index (χ4v) is 2.82. The Labute approximate surface area is 163 Å². The van der Waals surface area contributed by atoms with Crippen LogP contribution in [0.2, 0.25) is 0 Å². The Morgan fingerprint density at radius 1 is 0.964 bits per heavy atom. The Morgan fingerprint density at radius 2 is 1.71 bits per heavy atom. The number of benzene rings is 2. The first-order valence-electron chi connectivity index (χ1n) is 8.70. The zero-order valence-corrected chi connectivity index (χ0v) is 16.2. The molecule has 2 N–H and O–H groups in total. The molecule has 1 heterocycles. The number of carbonyl (C=O) groups excluding carboxylic acids is 1. The predicted octanol–water partition coefficient (Wildman–Crippen LogP) is 4.11. The van der Waals surface area contributed by atoms with Gasteiger partial charge in [-0.15, -0.1) is 0 Å². The number of anilines is 3. The number of aryl methyl sites for hydroxylation is 2. The van der Waals surface area contributed by atoms with Crippen molar-refractivity contribution in [1.82, 2.24) is 9.97 Å². The molecule has 7 nitrogen and oxygen atoms in total. The fraction of sp³-hybridized carbons (Fsp3) is 0.190. The van der Waals surface area contributed by atoms with Crippen LogP contribution in [0.5, 0.6) is 11.5 Å². The van der Waals surface area contributed by atoms with E-state index in [1.807, 2.05) is 32.0 Å². The number of ether oxygens (including phenoxy) is 2. The van der Waals surface area contributed by atoms with Crippen LogP contribution in [0, 0.1) is 13.8 Å². The molecule has 0 aliphatic carbocycles. The third-order valence-electron chi connectivity index (χ3n) is 4.02. The molecule has 0 aliphatic rings. The number of amides is 1. The number of rotatable bonds is 6. The fourth-order valence-electron chi connectivity index (χ4n) is 2.82. The third-order valence-corrected chi connectivity index (χ3v) is 4.02. The number of carbonyl (C=O) groups is 1. The summed E-state index contributed by atoms with van der Waals surface area (Å²) in [5.74, 6) is 1.23. The van der Waals surface area contributed by atoms with Crippen molar-refractivity contribution in [3.8, 4) is 11.5 Å². The van der Waals surface area contributed by atoms with Gasteiger partial charge in [0.1, 0.15) is 17.2 Å². The maximum Gasteiger partial charge on any atom is 0.274 e. The van der Waals surface area contributed by atoms with Gasteiger partial charge in [-0.25, -0.2) is 9.97 Å². The summed E-state index contributed by atoms with van der Waals surface area (Å²) in [6.07, 6.45) is 1.53. The average Bonchev–Trinajstić information content (AvgIpc) is 2.67. The van der Waals surface area contributed by atoms with Crippen molar-refractivity contribution in [3.63, 3.8) is 0 Å². The van der Waals surface area contributed by atoms with E-state index in [4.69, 9.17) is 9.47 Å². The first-order chi connectivity index (χ1) is 13.5. The third kappa shape index (κ3) is 4.56. The van der Waals surface area contributed by atoms with Crippen LogP contribution in [0.4, 0.5) is 17.3 Å². The summed E-state index contributed by atoms with van der Waals surface area (Å²) in [7, 11) is 3.15. The normalized spacial score (nSPS) is 10.3. The molecule has 1 amide bonds. The molecule has 0 aliphatic heterocycles. The van der Waals surface area contributed by atoms with Crippen molar-refractivity contribution >= 4 is 23.2 Å². The summed E-state index contributed by atoms with van der Waals surface area (Å²) >= 11 is 0. The van der Waals surface area contributed by atoms with E-state index in [0.717, 1.165) is 16.8 Å². The average molecular weight is 378 g/mol. The highest BCUT2D eigenvalue weighted by Gasteiger charge is 2.12. The second-order valence-electron chi connectivity index (χ2n) is 6.29. The monoisotopic (exact) mass is 378 g/mol. The molecule has 0 unspecified atom stereocenters. The van der Waals surface area contributed by atoms with Crippen LogP contribution < -0.4 is 20.1 Å². The van der Waals surface area contributed by atoms with Gasteiger partial charge in [0.15, 0.2) is 0 Å². The van der Waals surface area contributed by atoms with Crippen LogP contribution in [0.25, 0.3) is 0 Å². The van der Waals surface area contributed by atoms with Crippen molar-refractivity contribution in [3.05, 3.63) is 65.5 Å². The van der Waals surface area contributed by atoms with Gasteiger partial charge in [-0.05, 0) is 55.3 Å². The number of nitrogens with one attached hydrogen (secondary N) is 2. The van der Waals surface area contributed by atoms with Crippen molar-refractivity contribution in [1.29, 1.82) is 0 Å². The van der Waals surface area contributed by atoms with Crippen LogP contribution in [0.1, 0.15) is 21.6 Å². The van der Waals surface area contributed by atoms with E-state index < -0.39 is 0 Å². The van der Waals surface area contributed by atoms with Crippen LogP contribution in [-0.2, 0) is 0 Å². The summed E-state index contributed by atoms with van der Waals surface area (Å²) < 4.78 is 10.6. The number of nitrogens with zero attached hydrogens (tertiary/aromatic N) is 2. The molecule has 0 fully saturated rings. The number of aromatic nitrogens is 2. The van der Waals surface area contributed by atoms with Gasteiger partial charge in [0.05, 0.1) is 19.9 Å². The molecule has 0 bridgehead atoms. The lowest BCUT2D eigenvalue weighted by Crippen LogP contribution is -2.15. The second kappa shape index (κ2) is 8.39. The highest BCUT2D eigenvalue weighted by Crippen LogP contribution is 2.30. The topological polar surface area (TPSA) is 85.4 Å². The standard InChI is InChI=1S/C21H22N4O3/c1-13-9-14(2)11-15(10-13)23-20(26)17-7-8-22-21(24-17)25-18-12-16(27-3)5-6-19(18)28-4/h5-12H,1-4H3,(H,23,26)(H,22,24,25). The molecule has 144 valence electrons. The molecule has 2 aromatic carbocycles. The summed E-state index contributed by atoms with van der Waals surface area (Å²) in [5.41, 5.74) is 3.76. The van der Waals surface area contributed by atoms with E-state index in [0.29, 0.717) is 17.2 Å². The molecule has 0 saturated carbocycles. The van der Waals surface area contributed by atoms with E-state index in [1.165, 1.54) is 6.20 Å². The number of hydrogen-bond acceptors (Lipinski definition) is 6. The number of methoxy groups -OCH3 is 2. The van der Waals surface area contributed by atoms with Gasteiger partial charge in [0.25, 0.3) is 5.91 Å². The van der Waals surface area contributed by atoms with Crippen molar-refractivity contribution in [2.45, 2.75) is 13.8 Å². The zero-order valence-electron chi connectivity index (χ0n) is 16.2. The molecular weight excluding hydrogens is 356 g/mol. The zero-order chi connectivity index (χ0) is 20.1.